The van der Waals surface area contributed by atoms with E-state index in [0.29, 0.717) is 0 Å². The van der Waals surface area contributed by atoms with Crippen molar-refractivity contribution in [3.8, 4) is 6.07 Å². The highest BCUT2D eigenvalue weighted by Gasteiger charge is 2.28. The van der Waals surface area contributed by atoms with Crippen LogP contribution < -0.4 is 0 Å². The fourth-order valence-electron chi connectivity index (χ4n) is 0.995. The molecular weight excluding hydrogens is 330 g/mol. The van der Waals surface area contributed by atoms with Crippen LogP contribution in [0.3, 0.4) is 0 Å². The van der Waals surface area contributed by atoms with Gasteiger partial charge in [0.1, 0.15) is 6.07 Å². The molecule has 0 atom stereocenters. The van der Waals surface area contributed by atoms with E-state index in [0.717, 1.165) is 6.20 Å². The van der Waals surface area contributed by atoms with Crippen LogP contribution in [0.1, 0.15) is 17.6 Å². The van der Waals surface area contributed by atoms with Gasteiger partial charge in [0.2, 0.25) is 0 Å². The monoisotopic (exact) mass is 330 g/mol. The van der Waals surface area contributed by atoms with Gasteiger partial charge in [-0.15, -0.1) is 0 Å². The van der Waals surface area contributed by atoms with Crippen molar-refractivity contribution in [2.75, 3.05) is 0 Å². The van der Waals surface area contributed by atoms with Gasteiger partial charge in [0.25, 0.3) is 15.5 Å². The van der Waals surface area contributed by atoms with Gasteiger partial charge < -0.3 is 0 Å². The first-order valence-corrected chi connectivity index (χ1v) is 6.70. The zero-order valence-corrected chi connectivity index (χ0v) is 10.4. The molecule has 1 aromatic rings. The summed E-state index contributed by atoms with van der Waals surface area (Å²) in [4.78, 5) is 3.28. The van der Waals surface area contributed by atoms with Gasteiger partial charge in [-0.05, 0) is 15.9 Å². The number of halogens is 4. The first kappa shape index (κ1) is 13.3. The van der Waals surface area contributed by atoms with Crippen molar-refractivity contribution in [1.29, 1.82) is 5.26 Å². The van der Waals surface area contributed by atoms with E-state index < -0.39 is 31.6 Å². The van der Waals surface area contributed by atoms with Crippen LogP contribution in [0.5, 0.6) is 0 Å². The molecule has 0 aliphatic heterocycles. The number of hydrogen-bond acceptors (Lipinski definition) is 4. The lowest BCUT2D eigenvalue weighted by molar-refractivity contribution is 0.146. The molecule has 0 aliphatic carbocycles. The largest absolute Gasteiger partial charge is 0.279 e. The van der Waals surface area contributed by atoms with Crippen molar-refractivity contribution in [2.45, 2.75) is 11.5 Å². The van der Waals surface area contributed by atoms with Gasteiger partial charge in [-0.3, -0.25) is 0 Å². The second-order valence-corrected chi connectivity index (χ2v) is 5.89. The number of nitrogens with zero attached hydrogens (tertiary/aromatic N) is 2. The Morgan fingerprint density at radius 1 is 1.56 bits per heavy atom. The summed E-state index contributed by atoms with van der Waals surface area (Å²) >= 11 is 2.82. The van der Waals surface area contributed by atoms with Gasteiger partial charge in [0.05, 0.1) is 15.6 Å². The van der Waals surface area contributed by atoms with Crippen LogP contribution >= 0.6 is 26.6 Å². The molecule has 86 valence electrons. The van der Waals surface area contributed by atoms with Crippen LogP contribution in [-0.2, 0) is 9.05 Å². The first-order valence-electron chi connectivity index (χ1n) is 3.60. The highest BCUT2D eigenvalue weighted by molar-refractivity contribution is 9.10. The van der Waals surface area contributed by atoms with Crippen molar-refractivity contribution in [3.05, 3.63) is 21.8 Å². The number of alkyl halides is 2. The molecule has 0 saturated heterocycles. The third-order valence-corrected chi connectivity index (χ3v) is 3.42. The quantitative estimate of drug-likeness (QED) is 0.781. The van der Waals surface area contributed by atoms with Gasteiger partial charge in [-0.2, -0.15) is 5.26 Å². The number of hydrogen-bond donors (Lipinski definition) is 0. The van der Waals surface area contributed by atoms with Crippen molar-refractivity contribution in [1.82, 2.24) is 4.98 Å². The third-order valence-electron chi connectivity index (χ3n) is 1.59. The molecular formula is C7H2BrClF2N2O2S. The van der Waals surface area contributed by atoms with Gasteiger partial charge in [-0.1, -0.05) is 0 Å². The molecule has 0 spiro atoms. The Kier molecular flexibility index (Phi) is 3.83. The van der Waals surface area contributed by atoms with E-state index in [4.69, 9.17) is 15.9 Å². The molecule has 4 nitrogen and oxygen atoms in total. The molecule has 0 saturated carbocycles. The average molecular weight is 332 g/mol. The summed E-state index contributed by atoms with van der Waals surface area (Å²) in [5, 5.41) is 7.66. The van der Waals surface area contributed by atoms with Crippen LogP contribution in [0.2, 0.25) is 0 Å². The maximum Gasteiger partial charge on any atom is 0.279 e. The molecule has 1 rings (SSSR count). The molecule has 1 aromatic heterocycles. The van der Waals surface area contributed by atoms with Gasteiger partial charge in [-0.25, -0.2) is 22.2 Å². The molecule has 0 fully saturated rings. The summed E-state index contributed by atoms with van der Waals surface area (Å²) in [6.07, 6.45) is -2.23. The molecule has 0 aliphatic rings. The predicted octanol–water partition coefficient (Wildman–Crippen LogP) is 2.58. The lowest BCUT2D eigenvalue weighted by Gasteiger charge is -2.07. The van der Waals surface area contributed by atoms with Crippen molar-refractivity contribution < 1.29 is 17.2 Å². The Morgan fingerprint density at radius 3 is 2.50 bits per heavy atom. The highest BCUT2D eigenvalue weighted by Crippen LogP contribution is 2.33. The van der Waals surface area contributed by atoms with Gasteiger partial charge in [0.15, 0.2) is 5.03 Å². The second kappa shape index (κ2) is 4.61. The summed E-state index contributed by atoms with van der Waals surface area (Å²) in [5.74, 6) is 0. The lowest BCUT2D eigenvalue weighted by atomic mass is 10.1. The SMILES string of the molecule is N#Cc1c(Br)cnc(S(=O)(=O)Cl)c1C(F)F. The fraction of sp³-hybridized carbons (Fsp3) is 0.143. The van der Waals surface area contributed by atoms with Crippen LogP contribution in [0.25, 0.3) is 0 Å². The van der Waals surface area contributed by atoms with E-state index in [1.807, 2.05) is 0 Å². The Morgan fingerprint density at radius 2 is 2.12 bits per heavy atom. The predicted molar refractivity (Wildman–Crippen MR) is 54.6 cm³/mol. The maximum absolute atomic E-state index is 12.7. The molecule has 0 radical (unpaired) electrons. The zero-order valence-electron chi connectivity index (χ0n) is 7.29. The smallest absolute Gasteiger partial charge is 0.242 e. The number of pyridine rings is 1. The Labute approximate surface area is 102 Å². The van der Waals surface area contributed by atoms with Gasteiger partial charge in [0, 0.05) is 16.9 Å². The molecule has 1 heterocycles. The van der Waals surface area contributed by atoms with E-state index in [2.05, 4.69) is 20.9 Å². The molecule has 0 bridgehead atoms. The summed E-state index contributed by atoms with van der Waals surface area (Å²) in [7, 11) is 0.522. The Bertz CT molecular complexity index is 570. The topological polar surface area (TPSA) is 70.8 Å². The van der Waals surface area contributed by atoms with Crippen molar-refractivity contribution in [3.63, 3.8) is 0 Å². The molecule has 0 unspecified atom stereocenters. The normalized spacial score (nSPS) is 11.5. The van der Waals surface area contributed by atoms with E-state index in [9.17, 15) is 17.2 Å². The van der Waals surface area contributed by atoms with Crippen LogP contribution in [0.4, 0.5) is 8.78 Å². The maximum atomic E-state index is 12.7. The Balaban J connectivity index is 3.74. The standard InChI is InChI=1S/C7H2BrClF2N2O2S/c8-4-2-13-7(16(9,14)15)5(6(10)11)3(4)1-12/h2,6H. The average Bonchev–Trinajstić information content (AvgIpc) is 2.14. The molecule has 0 N–H and O–H groups in total. The lowest BCUT2D eigenvalue weighted by Crippen LogP contribution is -2.05. The summed E-state index contributed by atoms with van der Waals surface area (Å²) < 4.78 is 47.2. The minimum absolute atomic E-state index is 0.0191. The molecule has 0 aromatic carbocycles. The van der Waals surface area contributed by atoms with Crippen molar-refractivity contribution >= 4 is 35.7 Å². The van der Waals surface area contributed by atoms with Crippen LogP contribution in [0.15, 0.2) is 15.7 Å². The van der Waals surface area contributed by atoms with E-state index in [-0.39, 0.29) is 4.47 Å². The fourth-order valence-corrected chi connectivity index (χ4v) is 2.40. The molecule has 9 heteroatoms. The van der Waals surface area contributed by atoms with E-state index in [1.54, 1.807) is 0 Å². The zero-order chi connectivity index (χ0) is 12.5. The Hall–Kier alpha value is -0.780. The minimum Gasteiger partial charge on any atom is -0.242 e. The number of aromatic nitrogens is 1. The van der Waals surface area contributed by atoms with Crippen LogP contribution in [-0.4, -0.2) is 13.4 Å². The minimum atomic E-state index is -4.42. The first-order chi connectivity index (χ1) is 7.29. The van der Waals surface area contributed by atoms with Gasteiger partial charge >= 0.3 is 0 Å². The molecule has 16 heavy (non-hydrogen) atoms. The second-order valence-electron chi connectivity index (χ2n) is 2.55. The van der Waals surface area contributed by atoms with E-state index >= 15 is 0 Å². The summed E-state index contributed by atoms with van der Waals surface area (Å²) in [6.45, 7) is 0. The summed E-state index contributed by atoms with van der Waals surface area (Å²) in [5.41, 5.74) is -1.49. The number of rotatable bonds is 2. The van der Waals surface area contributed by atoms with E-state index in [1.165, 1.54) is 6.07 Å². The van der Waals surface area contributed by atoms with Crippen molar-refractivity contribution in [2.24, 2.45) is 0 Å². The summed E-state index contributed by atoms with van der Waals surface area (Å²) in [6, 6.07) is 1.47. The number of nitriles is 1. The third kappa shape index (κ3) is 2.48. The van der Waals surface area contributed by atoms with Crippen LogP contribution in [0, 0.1) is 11.3 Å². The molecule has 0 amide bonds. The highest BCUT2D eigenvalue weighted by atomic mass is 79.9.